The fourth-order valence-corrected chi connectivity index (χ4v) is 8.44. The second kappa shape index (κ2) is 11.8. The Hall–Kier alpha value is -6.17. The molecule has 0 saturated heterocycles. The highest BCUT2D eigenvalue weighted by Crippen LogP contribution is 2.44. The van der Waals surface area contributed by atoms with Crippen molar-refractivity contribution in [1.82, 2.24) is 15.0 Å². The van der Waals surface area contributed by atoms with Crippen molar-refractivity contribution in [3.63, 3.8) is 0 Å². The Kier molecular flexibility index (Phi) is 6.78. The first kappa shape index (κ1) is 28.8. The maximum absolute atomic E-state index is 6.57. The van der Waals surface area contributed by atoms with Gasteiger partial charge >= 0.3 is 0 Å². The Balaban J connectivity index is 1.10. The minimum Gasteiger partial charge on any atom is -0.456 e. The highest BCUT2D eigenvalue weighted by atomic mass is 32.1. The molecule has 0 fully saturated rings. The largest absolute Gasteiger partial charge is 0.456 e. The lowest BCUT2D eigenvalue weighted by molar-refractivity contribution is 0.669. The van der Waals surface area contributed by atoms with Crippen molar-refractivity contribution in [3.05, 3.63) is 163 Å². The summed E-state index contributed by atoms with van der Waals surface area (Å²) < 4.78 is 9.16. The summed E-state index contributed by atoms with van der Waals surface area (Å²) in [5.41, 5.74) is 8.10. The SMILES string of the molecule is C1=CCC(c2ccc(-c3nc(-c4ccccc4)nc(-c4ccc5c(c4)oc4cccc(-c6cccc7c6sc6ccccc67)c45)n3)cc2)C=C1. The van der Waals surface area contributed by atoms with Gasteiger partial charge in [0.1, 0.15) is 11.2 Å². The minimum atomic E-state index is 0.386. The zero-order chi connectivity index (χ0) is 33.0. The van der Waals surface area contributed by atoms with Crippen LogP contribution in [0.15, 0.2) is 162 Å². The molecule has 5 heteroatoms. The lowest BCUT2D eigenvalue weighted by atomic mass is 9.92. The van der Waals surface area contributed by atoms with E-state index in [0.29, 0.717) is 23.4 Å². The molecule has 0 radical (unpaired) electrons. The molecule has 3 heterocycles. The van der Waals surface area contributed by atoms with E-state index in [0.717, 1.165) is 45.0 Å². The van der Waals surface area contributed by atoms with Crippen molar-refractivity contribution in [2.75, 3.05) is 0 Å². The van der Waals surface area contributed by atoms with Crippen LogP contribution in [0.25, 0.3) is 87.4 Å². The number of hydrogen-bond acceptors (Lipinski definition) is 5. The van der Waals surface area contributed by atoms with E-state index >= 15 is 0 Å². The Morgan fingerprint density at radius 1 is 0.540 bits per heavy atom. The van der Waals surface area contributed by atoms with Gasteiger partial charge in [-0.1, -0.05) is 133 Å². The monoisotopic (exact) mass is 659 g/mol. The number of furan rings is 1. The standard InChI is InChI=1S/C45H29N3OS/c1-3-11-28(12-4-1)29-21-23-31(24-22-29)44-46-43(30-13-5-2-6-14-30)47-45(48-44)32-25-26-37-39(27-32)49-38-19-10-16-34(41(37)38)36-18-9-17-35-33-15-7-8-20-40(33)50-42(35)36/h1-11,13-28H,12H2. The molecule has 0 aliphatic heterocycles. The molecule has 1 aliphatic carbocycles. The third kappa shape index (κ3) is 4.86. The van der Waals surface area contributed by atoms with E-state index in [1.54, 1.807) is 0 Å². The molecule has 3 aromatic heterocycles. The van der Waals surface area contributed by atoms with Crippen molar-refractivity contribution in [2.45, 2.75) is 12.3 Å². The quantitative estimate of drug-likeness (QED) is 0.184. The van der Waals surface area contributed by atoms with Crippen molar-refractivity contribution >= 4 is 53.4 Å². The van der Waals surface area contributed by atoms with Gasteiger partial charge in [-0.25, -0.2) is 15.0 Å². The minimum absolute atomic E-state index is 0.386. The van der Waals surface area contributed by atoms with Crippen LogP contribution in [0, 0.1) is 0 Å². The van der Waals surface area contributed by atoms with Gasteiger partial charge in [0, 0.05) is 59.1 Å². The summed E-state index contributed by atoms with van der Waals surface area (Å²) in [7, 11) is 0. The number of fused-ring (bicyclic) bond motifs is 6. The van der Waals surface area contributed by atoms with Gasteiger partial charge < -0.3 is 4.42 Å². The molecule has 9 aromatic rings. The molecule has 1 atom stereocenters. The molecule has 50 heavy (non-hydrogen) atoms. The zero-order valence-corrected chi connectivity index (χ0v) is 27.8. The van der Waals surface area contributed by atoms with Gasteiger partial charge in [0.15, 0.2) is 17.5 Å². The molecule has 0 saturated carbocycles. The van der Waals surface area contributed by atoms with Crippen LogP contribution < -0.4 is 0 Å². The average Bonchev–Trinajstić information content (AvgIpc) is 3.77. The van der Waals surface area contributed by atoms with Gasteiger partial charge in [0.2, 0.25) is 0 Å². The van der Waals surface area contributed by atoms with Crippen LogP contribution in [0.3, 0.4) is 0 Å². The van der Waals surface area contributed by atoms with Crippen LogP contribution in [-0.2, 0) is 0 Å². The smallest absolute Gasteiger partial charge is 0.164 e. The van der Waals surface area contributed by atoms with Gasteiger partial charge in [0.05, 0.1) is 0 Å². The van der Waals surface area contributed by atoms with Gasteiger partial charge in [0.25, 0.3) is 0 Å². The number of hydrogen-bond donors (Lipinski definition) is 0. The lowest BCUT2D eigenvalue weighted by Crippen LogP contribution is -2.01. The van der Waals surface area contributed by atoms with Crippen LogP contribution in [-0.4, -0.2) is 15.0 Å². The third-order valence-corrected chi connectivity index (χ3v) is 10.9. The molecule has 0 spiro atoms. The van der Waals surface area contributed by atoms with E-state index in [1.807, 2.05) is 41.7 Å². The Bertz CT molecular complexity index is 2790. The molecular weight excluding hydrogens is 631 g/mol. The molecule has 6 aromatic carbocycles. The number of rotatable bonds is 5. The first-order valence-corrected chi connectivity index (χ1v) is 17.7. The molecule has 0 amide bonds. The highest BCUT2D eigenvalue weighted by molar-refractivity contribution is 7.26. The molecular formula is C45H29N3OS. The summed E-state index contributed by atoms with van der Waals surface area (Å²) in [5.74, 6) is 2.27. The topological polar surface area (TPSA) is 51.8 Å². The highest BCUT2D eigenvalue weighted by Gasteiger charge is 2.19. The molecule has 10 rings (SSSR count). The van der Waals surface area contributed by atoms with E-state index in [2.05, 4.69) is 127 Å². The van der Waals surface area contributed by atoms with Gasteiger partial charge in [-0.05, 0) is 41.8 Å². The Labute approximate surface area is 292 Å². The first-order chi connectivity index (χ1) is 24.8. The third-order valence-electron chi connectivity index (χ3n) is 9.69. The van der Waals surface area contributed by atoms with E-state index in [1.165, 1.54) is 36.9 Å². The van der Waals surface area contributed by atoms with Crippen molar-refractivity contribution in [3.8, 4) is 45.3 Å². The van der Waals surface area contributed by atoms with Crippen LogP contribution in [0.2, 0.25) is 0 Å². The second-order valence-corrected chi connectivity index (χ2v) is 13.8. The van der Waals surface area contributed by atoms with Gasteiger partial charge in [-0.3, -0.25) is 0 Å². The van der Waals surface area contributed by atoms with Gasteiger partial charge in [-0.15, -0.1) is 11.3 Å². The van der Waals surface area contributed by atoms with Crippen molar-refractivity contribution in [2.24, 2.45) is 0 Å². The van der Waals surface area contributed by atoms with E-state index in [4.69, 9.17) is 19.4 Å². The summed E-state index contributed by atoms with van der Waals surface area (Å²) in [6, 6.07) is 46.7. The van der Waals surface area contributed by atoms with E-state index in [9.17, 15) is 0 Å². The molecule has 1 aliphatic rings. The number of nitrogens with zero attached hydrogens (tertiary/aromatic N) is 3. The predicted molar refractivity (Wildman–Crippen MR) is 207 cm³/mol. The Morgan fingerprint density at radius 2 is 1.24 bits per heavy atom. The molecule has 4 nitrogen and oxygen atoms in total. The van der Waals surface area contributed by atoms with E-state index < -0.39 is 0 Å². The number of benzene rings is 6. The summed E-state index contributed by atoms with van der Waals surface area (Å²) in [6.07, 6.45) is 9.71. The molecule has 1 unspecified atom stereocenters. The maximum atomic E-state index is 6.57. The predicted octanol–water partition coefficient (Wildman–Crippen LogP) is 12.4. The summed E-state index contributed by atoms with van der Waals surface area (Å²) in [6.45, 7) is 0. The molecule has 0 bridgehead atoms. The van der Waals surface area contributed by atoms with E-state index in [-0.39, 0.29) is 0 Å². The van der Waals surface area contributed by atoms with Crippen LogP contribution in [0.1, 0.15) is 17.9 Å². The van der Waals surface area contributed by atoms with Crippen LogP contribution >= 0.6 is 11.3 Å². The van der Waals surface area contributed by atoms with Crippen molar-refractivity contribution in [1.29, 1.82) is 0 Å². The van der Waals surface area contributed by atoms with Crippen LogP contribution in [0.4, 0.5) is 0 Å². The number of allylic oxidation sites excluding steroid dienone is 4. The molecule has 236 valence electrons. The lowest BCUT2D eigenvalue weighted by Gasteiger charge is -2.14. The number of aromatic nitrogens is 3. The average molecular weight is 660 g/mol. The van der Waals surface area contributed by atoms with Crippen molar-refractivity contribution < 1.29 is 4.42 Å². The zero-order valence-electron chi connectivity index (χ0n) is 27.0. The second-order valence-electron chi connectivity index (χ2n) is 12.7. The van der Waals surface area contributed by atoms with Gasteiger partial charge in [-0.2, -0.15) is 0 Å². The fourth-order valence-electron chi connectivity index (χ4n) is 7.21. The number of thiophene rings is 1. The normalized spacial score (nSPS) is 14.4. The summed E-state index contributed by atoms with van der Waals surface area (Å²) >= 11 is 1.85. The summed E-state index contributed by atoms with van der Waals surface area (Å²) in [5, 5.41) is 4.76. The Morgan fingerprint density at radius 3 is 2.06 bits per heavy atom. The maximum Gasteiger partial charge on any atom is 0.164 e. The van der Waals surface area contributed by atoms with Crippen LogP contribution in [0.5, 0.6) is 0 Å². The fraction of sp³-hybridized carbons (Fsp3) is 0.0444. The molecule has 0 N–H and O–H groups in total. The summed E-state index contributed by atoms with van der Waals surface area (Å²) in [4.78, 5) is 15.0. The first-order valence-electron chi connectivity index (χ1n) is 16.9.